The molecule has 0 spiro atoms. The molecule has 86 valence electrons. The molecule has 1 saturated carbocycles. The molecule has 1 aliphatic carbocycles. The van der Waals surface area contributed by atoms with Crippen LogP contribution >= 0.6 is 0 Å². The van der Waals surface area contributed by atoms with Crippen molar-refractivity contribution in [2.75, 3.05) is 6.61 Å². The van der Waals surface area contributed by atoms with E-state index in [4.69, 9.17) is 0 Å². The summed E-state index contributed by atoms with van der Waals surface area (Å²) < 4.78 is 29.0. The van der Waals surface area contributed by atoms with Crippen LogP contribution in [0.25, 0.3) is 0 Å². The summed E-state index contributed by atoms with van der Waals surface area (Å²) in [6, 6.07) is 0. The molecule has 0 heterocycles. The molecule has 0 N–H and O–H groups in total. The van der Waals surface area contributed by atoms with Gasteiger partial charge in [0.15, 0.2) is 0 Å². The van der Waals surface area contributed by atoms with Crippen LogP contribution in [-0.4, -0.2) is 24.8 Å². The lowest BCUT2D eigenvalue weighted by Crippen LogP contribution is -2.29. The maximum Gasteiger partial charge on any atom is 0.316 e. The Balaban J connectivity index is 2.58. The molecule has 0 aromatic heterocycles. The summed E-state index contributed by atoms with van der Waals surface area (Å²) in [5.74, 6) is -2.65. The highest BCUT2D eigenvalue weighted by atomic mass is 19.3. The van der Waals surface area contributed by atoms with E-state index >= 15 is 0 Å². The summed E-state index contributed by atoms with van der Waals surface area (Å²) in [6.07, 6.45) is -1.95. The predicted molar refractivity (Wildman–Crippen MR) is 48.5 cm³/mol. The molecule has 3 nitrogen and oxygen atoms in total. The van der Waals surface area contributed by atoms with Gasteiger partial charge in [0.1, 0.15) is 11.7 Å². The Kier molecular flexibility index (Phi) is 4.17. The van der Waals surface area contributed by atoms with Gasteiger partial charge in [0.2, 0.25) is 6.43 Å². The van der Waals surface area contributed by atoms with Crippen LogP contribution < -0.4 is 0 Å². The van der Waals surface area contributed by atoms with Crippen molar-refractivity contribution >= 4 is 11.8 Å². The fourth-order valence-corrected chi connectivity index (χ4v) is 1.40. The first-order chi connectivity index (χ1) is 7.06. The lowest BCUT2D eigenvalue weighted by atomic mass is 9.97. The van der Waals surface area contributed by atoms with Gasteiger partial charge in [0, 0.05) is 12.3 Å². The molecule has 0 radical (unpaired) electrons. The molecule has 0 saturated heterocycles. The Bertz CT molecular complexity index is 249. The minimum atomic E-state index is -2.65. The van der Waals surface area contributed by atoms with Crippen molar-refractivity contribution in [1.29, 1.82) is 0 Å². The number of carbonyl (C=O) groups excluding carboxylic acids is 2. The van der Waals surface area contributed by atoms with Gasteiger partial charge < -0.3 is 4.74 Å². The minimum Gasteiger partial charge on any atom is -0.465 e. The van der Waals surface area contributed by atoms with E-state index in [1.807, 2.05) is 0 Å². The first kappa shape index (κ1) is 12.1. The normalized spacial score (nSPS) is 17.6. The number of hydrogen-bond donors (Lipinski definition) is 0. The maximum absolute atomic E-state index is 12.2. The second-order valence-corrected chi connectivity index (χ2v) is 3.61. The molecule has 1 atom stereocenters. The molecule has 15 heavy (non-hydrogen) atoms. The van der Waals surface area contributed by atoms with Crippen LogP contribution in [0.5, 0.6) is 0 Å². The Labute approximate surface area is 86.8 Å². The average Bonchev–Trinajstić information content (AvgIpc) is 2.96. The fraction of sp³-hybridized carbons (Fsp3) is 0.800. The molecule has 1 rings (SSSR count). The molecular formula is C10H14F2O3. The lowest BCUT2D eigenvalue weighted by molar-refractivity contribution is -0.153. The molecule has 0 aromatic carbocycles. The predicted octanol–water partition coefficient (Wildman–Crippen LogP) is 1.80. The number of hydrogen-bond acceptors (Lipinski definition) is 3. The van der Waals surface area contributed by atoms with Crippen LogP contribution in [0.15, 0.2) is 0 Å². The number of carbonyl (C=O) groups is 2. The smallest absolute Gasteiger partial charge is 0.316 e. The molecule has 1 aliphatic rings. The van der Waals surface area contributed by atoms with Gasteiger partial charge in [0.05, 0.1) is 6.61 Å². The Morgan fingerprint density at radius 2 is 2.00 bits per heavy atom. The van der Waals surface area contributed by atoms with Crippen LogP contribution in [0.4, 0.5) is 8.78 Å². The van der Waals surface area contributed by atoms with Crippen molar-refractivity contribution in [2.45, 2.75) is 32.6 Å². The zero-order valence-corrected chi connectivity index (χ0v) is 8.54. The summed E-state index contributed by atoms with van der Waals surface area (Å²) in [5, 5.41) is 0. The number of alkyl halides is 2. The summed E-state index contributed by atoms with van der Waals surface area (Å²) in [4.78, 5) is 22.8. The van der Waals surface area contributed by atoms with Crippen molar-refractivity contribution in [2.24, 2.45) is 11.8 Å². The molecule has 5 heteroatoms. The van der Waals surface area contributed by atoms with Crippen LogP contribution in [-0.2, 0) is 14.3 Å². The third kappa shape index (κ3) is 3.57. The van der Waals surface area contributed by atoms with E-state index in [1.165, 1.54) is 0 Å². The van der Waals surface area contributed by atoms with Gasteiger partial charge in [-0.15, -0.1) is 0 Å². The maximum atomic E-state index is 12.2. The van der Waals surface area contributed by atoms with E-state index in [9.17, 15) is 18.4 Å². The number of Topliss-reactive ketones (excluding diaryl/α,β-unsaturated/α-hetero) is 1. The van der Waals surface area contributed by atoms with E-state index in [0.29, 0.717) is 12.8 Å². The largest absolute Gasteiger partial charge is 0.465 e. The Hall–Kier alpha value is -1.00. The van der Waals surface area contributed by atoms with Crippen LogP contribution in [0.3, 0.4) is 0 Å². The monoisotopic (exact) mass is 220 g/mol. The van der Waals surface area contributed by atoms with Gasteiger partial charge in [-0.25, -0.2) is 8.78 Å². The van der Waals surface area contributed by atoms with Crippen molar-refractivity contribution in [3.8, 4) is 0 Å². The zero-order valence-electron chi connectivity index (χ0n) is 8.54. The van der Waals surface area contributed by atoms with E-state index in [1.54, 1.807) is 6.92 Å². The molecule has 0 aliphatic heterocycles. The lowest BCUT2D eigenvalue weighted by Gasteiger charge is -2.13. The van der Waals surface area contributed by atoms with Crippen molar-refractivity contribution < 1.29 is 23.1 Å². The van der Waals surface area contributed by atoms with Gasteiger partial charge in [-0.1, -0.05) is 0 Å². The summed E-state index contributed by atoms with van der Waals surface area (Å²) in [6.45, 7) is 1.69. The van der Waals surface area contributed by atoms with Gasteiger partial charge in [-0.3, -0.25) is 9.59 Å². The van der Waals surface area contributed by atoms with Crippen molar-refractivity contribution in [3.63, 3.8) is 0 Å². The second kappa shape index (κ2) is 5.19. The highest BCUT2D eigenvalue weighted by molar-refractivity contribution is 6.01. The molecule has 0 bridgehead atoms. The topological polar surface area (TPSA) is 43.4 Å². The standard InChI is InChI=1S/C10H14F2O3/c1-2-15-10(14)7(5-8(11)12)9(13)6-3-4-6/h6-8H,2-5H2,1H3. The van der Waals surface area contributed by atoms with E-state index in [2.05, 4.69) is 4.74 Å². The highest BCUT2D eigenvalue weighted by Gasteiger charge is 2.40. The summed E-state index contributed by atoms with van der Waals surface area (Å²) >= 11 is 0. The summed E-state index contributed by atoms with van der Waals surface area (Å²) in [5.41, 5.74) is 0. The van der Waals surface area contributed by atoms with Crippen molar-refractivity contribution in [3.05, 3.63) is 0 Å². The molecule has 0 aromatic rings. The van der Waals surface area contributed by atoms with Crippen LogP contribution in [0, 0.1) is 11.8 Å². The average molecular weight is 220 g/mol. The Morgan fingerprint density at radius 1 is 1.40 bits per heavy atom. The minimum absolute atomic E-state index is 0.108. The Morgan fingerprint density at radius 3 is 2.40 bits per heavy atom. The SMILES string of the molecule is CCOC(=O)C(CC(F)F)C(=O)C1CC1. The zero-order chi connectivity index (χ0) is 11.4. The number of ether oxygens (including phenoxy) is 1. The van der Waals surface area contributed by atoms with Crippen LogP contribution in [0.1, 0.15) is 26.2 Å². The van der Waals surface area contributed by atoms with E-state index < -0.39 is 24.7 Å². The van der Waals surface area contributed by atoms with E-state index in [-0.39, 0.29) is 18.3 Å². The molecule has 0 amide bonds. The second-order valence-electron chi connectivity index (χ2n) is 3.61. The van der Waals surface area contributed by atoms with E-state index in [0.717, 1.165) is 0 Å². The van der Waals surface area contributed by atoms with Crippen molar-refractivity contribution in [1.82, 2.24) is 0 Å². The molecule has 1 fully saturated rings. The number of halogens is 2. The number of ketones is 1. The van der Waals surface area contributed by atoms with Gasteiger partial charge in [-0.05, 0) is 19.8 Å². The third-order valence-electron chi connectivity index (χ3n) is 2.31. The van der Waals surface area contributed by atoms with Gasteiger partial charge in [0.25, 0.3) is 0 Å². The summed E-state index contributed by atoms with van der Waals surface area (Å²) in [7, 11) is 0. The quantitative estimate of drug-likeness (QED) is 0.506. The highest BCUT2D eigenvalue weighted by Crippen LogP contribution is 2.34. The van der Waals surface area contributed by atoms with Crippen LogP contribution in [0.2, 0.25) is 0 Å². The first-order valence-electron chi connectivity index (χ1n) is 5.04. The fourth-order valence-electron chi connectivity index (χ4n) is 1.40. The number of rotatable bonds is 6. The first-order valence-corrected chi connectivity index (χ1v) is 5.04. The number of esters is 1. The molecule has 1 unspecified atom stereocenters. The van der Waals surface area contributed by atoms with Gasteiger partial charge in [-0.2, -0.15) is 0 Å². The third-order valence-corrected chi connectivity index (χ3v) is 2.31. The van der Waals surface area contributed by atoms with Gasteiger partial charge >= 0.3 is 5.97 Å². The molecular weight excluding hydrogens is 206 g/mol.